The number of thioether (sulfide) groups is 2. The fourth-order valence-corrected chi connectivity index (χ4v) is 7.62. The Morgan fingerprint density at radius 3 is 1.46 bits per heavy atom. The minimum absolute atomic E-state index is 0.0640. The summed E-state index contributed by atoms with van der Waals surface area (Å²) in [5, 5.41) is 29.6. The van der Waals surface area contributed by atoms with Crippen LogP contribution in [0, 0.1) is 0 Å². The first-order valence-corrected chi connectivity index (χ1v) is 14.2. The summed E-state index contributed by atoms with van der Waals surface area (Å²) in [6.45, 7) is 0. The highest BCUT2D eigenvalue weighted by Crippen LogP contribution is 2.34. The summed E-state index contributed by atoms with van der Waals surface area (Å²) in [5.74, 6) is 0.473. The van der Waals surface area contributed by atoms with Gasteiger partial charge in [0.25, 0.3) is 0 Å². The molecule has 0 aromatic rings. The number of carbonyl (C=O) groups excluding carboxylic acids is 2. The van der Waals surface area contributed by atoms with Gasteiger partial charge in [-0.2, -0.15) is 31.9 Å². The second-order valence-corrected chi connectivity index (χ2v) is 11.3. The number of urea groups is 2. The summed E-state index contributed by atoms with van der Waals surface area (Å²) in [5.41, 5.74) is 0. The number of hydrogen-bond acceptors (Lipinski definition) is 8. The zero-order valence-corrected chi connectivity index (χ0v) is 21.6. The minimum Gasteiger partial charge on any atom is -0.481 e. The molecule has 4 aliphatic heterocycles. The SMILES string of the molecule is O=C(O)CCCC[C@@H]1SC[C@@H]2NC(=O)N[C@@H]21.O=C(O)CCCC[C@@H]1SC[C@@H]2NC(=O)N[C@@H]21.O=S=O. The molecule has 0 aliphatic carbocycles. The van der Waals surface area contributed by atoms with Gasteiger partial charge < -0.3 is 31.5 Å². The summed E-state index contributed by atoms with van der Waals surface area (Å²) in [6, 6.07) is 0.880. The monoisotopic (exact) mass is 552 g/mol. The van der Waals surface area contributed by atoms with Gasteiger partial charge in [0, 0.05) is 34.8 Å². The largest absolute Gasteiger partial charge is 0.481 e. The Hall–Kier alpha value is -2.00. The van der Waals surface area contributed by atoms with E-state index in [0.717, 1.165) is 50.0 Å². The molecule has 4 heterocycles. The molecule has 6 N–H and O–H groups in total. The van der Waals surface area contributed by atoms with Gasteiger partial charge in [-0.25, -0.2) is 9.59 Å². The predicted octanol–water partition coefficient (Wildman–Crippen LogP) is 0.923. The highest BCUT2D eigenvalue weighted by Gasteiger charge is 2.43. The van der Waals surface area contributed by atoms with Crippen molar-refractivity contribution < 1.29 is 37.8 Å². The van der Waals surface area contributed by atoms with Crippen LogP contribution < -0.4 is 21.3 Å². The van der Waals surface area contributed by atoms with Crippen LogP contribution >= 0.6 is 23.5 Å². The molecule has 4 fully saturated rings. The maximum atomic E-state index is 11.1. The molecule has 12 nitrogen and oxygen atoms in total. The van der Waals surface area contributed by atoms with Crippen molar-refractivity contribution in [1.82, 2.24) is 21.3 Å². The zero-order chi connectivity index (χ0) is 25.8. The van der Waals surface area contributed by atoms with E-state index >= 15 is 0 Å². The Morgan fingerprint density at radius 1 is 0.743 bits per heavy atom. The molecular formula is C20H32N4O8S3. The topological polar surface area (TPSA) is 191 Å². The average molecular weight is 553 g/mol. The molecule has 35 heavy (non-hydrogen) atoms. The van der Waals surface area contributed by atoms with Crippen LogP contribution in [0.3, 0.4) is 0 Å². The smallest absolute Gasteiger partial charge is 0.335 e. The van der Waals surface area contributed by atoms with Crippen molar-refractivity contribution in [2.24, 2.45) is 0 Å². The predicted molar refractivity (Wildman–Crippen MR) is 132 cm³/mol. The van der Waals surface area contributed by atoms with Crippen molar-refractivity contribution in [2.75, 3.05) is 11.5 Å². The third-order valence-corrected chi connectivity index (χ3v) is 9.15. The molecule has 0 saturated carbocycles. The normalized spacial score (nSPS) is 29.6. The number of carbonyl (C=O) groups is 4. The number of nitrogens with one attached hydrogen (secondary N) is 4. The van der Waals surface area contributed by atoms with E-state index in [-0.39, 0.29) is 49.1 Å². The molecule has 15 heteroatoms. The second kappa shape index (κ2) is 15.2. The standard InChI is InChI=1S/2C10H16N2O3S.O2S/c2*13-8(14)4-2-1-3-7-9-6(5-16-7)11-10(15)12-9;1-3-2/h2*6-7,9H,1-5H2,(H,13,14)(H2,11,12,15);/t2*6-,7-,9-;/m00./s1. The van der Waals surface area contributed by atoms with E-state index in [0.29, 0.717) is 10.5 Å². The Bertz CT molecular complexity index is 740. The van der Waals surface area contributed by atoms with Crippen LogP contribution in [0.4, 0.5) is 9.59 Å². The molecule has 0 unspecified atom stereocenters. The maximum absolute atomic E-state index is 11.1. The van der Waals surface area contributed by atoms with Crippen molar-refractivity contribution in [3.63, 3.8) is 0 Å². The van der Waals surface area contributed by atoms with Crippen molar-refractivity contribution in [3.05, 3.63) is 0 Å². The summed E-state index contributed by atoms with van der Waals surface area (Å²) >= 11 is 2.99. The molecule has 198 valence electrons. The van der Waals surface area contributed by atoms with E-state index in [9.17, 15) is 19.2 Å². The van der Waals surface area contributed by atoms with Gasteiger partial charge in [0.1, 0.15) is 0 Å². The van der Waals surface area contributed by atoms with Gasteiger partial charge >= 0.3 is 35.6 Å². The number of carboxylic acids is 2. The van der Waals surface area contributed by atoms with Crippen molar-refractivity contribution in [1.29, 1.82) is 0 Å². The Morgan fingerprint density at radius 2 is 1.11 bits per heavy atom. The van der Waals surface area contributed by atoms with Crippen LogP contribution in [0.25, 0.3) is 0 Å². The minimum atomic E-state index is -0.750. The first-order chi connectivity index (χ1) is 16.7. The van der Waals surface area contributed by atoms with Gasteiger partial charge in [-0.05, 0) is 25.7 Å². The molecule has 6 atom stereocenters. The molecular weight excluding hydrogens is 520 g/mol. The highest BCUT2D eigenvalue weighted by atomic mass is 32.2. The molecule has 4 amide bonds. The lowest BCUT2D eigenvalue weighted by Crippen LogP contribution is -2.36. The van der Waals surface area contributed by atoms with E-state index in [1.165, 1.54) is 0 Å². The van der Waals surface area contributed by atoms with Crippen LogP contribution in [-0.4, -0.2) is 88.8 Å². The number of aliphatic carboxylic acids is 2. The van der Waals surface area contributed by atoms with Gasteiger partial charge in [0.15, 0.2) is 0 Å². The first-order valence-electron chi connectivity index (χ1n) is 11.5. The zero-order valence-electron chi connectivity index (χ0n) is 19.1. The van der Waals surface area contributed by atoms with Crippen molar-refractivity contribution >= 4 is 59.1 Å². The molecule has 0 aromatic heterocycles. The van der Waals surface area contributed by atoms with Crippen LogP contribution in [0.5, 0.6) is 0 Å². The van der Waals surface area contributed by atoms with Gasteiger partial charge in [-0.15, -0.1) is 0 Å². The Kier molecular flexibility index (Phi) is 12.7. The average Bonchev–Trinajstić information content (AvgIpc) is 3.52. The van der Waals surface area contributed by atoms with Gasteiger partial charge in [-0.3, -0.25) is 9.59 Å². The third-order valence-electron chi connectivity index (χ3n) is 6.13. The van der Waals surface area contributed by atoms with E-state index in [1.807, 2.05) is 23.5 Å². The molecule has 0 spiro atoms. The summed E-state index contributed by atoms with van der Waals surface area (Å²) < 4.78 is 16.6. The van der Waals surface area contributed by atoms with Crippen molar-refractivity contribution in [3.8, 4) is 0 Å². The van der Waals surface area contributed by atoms with E-state index in [1.54, 1.807) is 0 Å². The quantitative estimate of drug-likeness (QED) is 0.168. The number of unbranched alkanes of at least 4 members (excludes halogenated alkanes) is 2. The fourth-order valence-electron chi connectivity index (χ4n) is 4.53. The molecule has 4 saturated heterocycles. The number of amides is 4. The molecule has 4 aliphatic rings. The van der Waals surface area contributed by atoms with E-state index in [4.69, 9.17) is 18.6 Å². The highest BCUT2D eigenvalue weighted by molar-refractivity contribution is 8.00. The first kappa shape index (κ1) is 29.2. The lowest BCUT2D eigenvalue weighted by atomic mass is 10.0. The molecule has 4 rings (SSSR count). The van der Waals surface area contributed by atoms with Gasteiger partial charge in [0.2, 0.25) is 0 Å². The third kappa shape index (κ3) is 9.88. The number of rotatable bonds is 10. The lowest BCUT2D eigenvalue weighted by Gasteiger charge is -2.16. The fraction of sp³-hybridized carbons (Fsp3) is 0.800. The van der Waals surface area contributed by atoms with Crippen LogP contribution in [0.2, 0.25) is 0 Å². The van der Waals surface area contributed by atoms with E-state index < -0.39 is 23.5 Å². The van der Waals surface area contributed by atoms with Gasteiger partial charge in [-0.1, -0.05) is 12.8 Å². The van der Waals surface area contributed by atoms with Crippen LogP contribution in [0.15, 0.2) is 0 Å². The van der Waals surface area contributed by atoms with Crippen molar-refractivity contribution in [2.45, 2.75) is 86.0 Å². The van der Waals surface area contributed by atoms with E-state index in [2.05, 4.69) is 21.3 Å². The molecule has 0 bridgehead atoms. The number of carboxylic acid groups (broad SMARTS) is 2. The molecule has 0 aromatic carbocycles. The van der Waals surface area contributed by atoms with Crippen LogP contribution in [-0.2, 0) is 21.2 Å². The molecule has 0 radical (unpaired) electrons. The summed E-state index contributed by atoms with van der Waals surface area (Å²) in [7, 11) is 0. The summed E-state index contributed by atoms with van der Waals surface area (Å²) in [4.78, 5) is 42.9. The van der Waals surface area contributed by atoms with Crippen LogP contribution in [0.1, 0.15) is 51.4 Å². The Balaban J connectivity index is 0.000000222. The number of hydrogen-bond donors (Lipinski definition) is 6. The van der Waals surface area contributed by atoms with Gasteiger partial charge in [0.05, 0.1) is 24.2 Å². The maximum Gasteiger partial charge on any atom is 0.335 e. The second-order valence-electron chi connectivity index (χ2n) is 8.59. The Labute approximate surface area is 215 Å². The number of fused-ring (bicyclic) bond motifs is 2. The summed E-state index contributed by atoms with van der Waals surface area (Å²) in [6.07, 6.45) is 5.76. The lowest BCUT2D eigenvalue weighted by molar-refractivity contribution is -0.138.